The van der Waals surface area contributed by atoms with Crippen LogP contribution in [0.1, 0.15) is 6.42 Å². The Morgan fingerprint density at radius 1 is 1.55 bits per heavy atom. The number of esters is 1. The lowest BCUT2D eigenvalue weighted by Crippen LogP contribution is -2.20. The molecular weight excluding hydrogens is 142 g/mol. The van der Waals surface area contributed by atoms with E-state index in [9.17, 15) is 4.79 Å². The van der Waals surface area contributed by atoms with Crippen molar-refractivity contribution in [3.63, 3.8) is 0 Å². The first-order chi connectivity index (χ1) is 5.36. The van der Waals surface area contributed by atoms with Crippen LogP contribution in [0.25, 0.3) is 0 Å². The highest BCUT2D eigenvalue weighted by Gasteiger charge is 2.17. The molecule has 0 radical (unpaired) electrons. The van der Waals surface area contributed by atoms with E-state index in [1.807, 2.05) is 18.2 Å². The normalized spacial score (nSPS) is 21.6. The van der Waals surface area contributed by atoms with Crippen molar-refractivity contribution in [1.29, 1.82) is 0 Å². The van der Waals surface area contributed by atoms with E-state index < -0.39 is 0 Å². The molecule has 0 spiro atoms. The van der Waals surface area contributed by atoms with E-state index in [1.165, 1.54) is 0 Å². The number of fused-ring (bicyclic) bond motifs is 1. The standard InChI is InChI=1S/C8H7NO2/c10-8-5-9-6-3-1-2-4-7(6)11-8/h1,3-4H,2,5H2. The molecule has 0 amide bonds. The van der Waals surface area contributed by atoms with Crippen LogP contribution in [0, 0.1) is 0 Å². The molecule has 1 aliphatic carbocycles. The largest absolute Gasteiger partial charge is 0.423 e. The third-order valence-electron chi connectivity index (χ3n) is 1.57. The molecule has 0 bridgehead atoms. The Morgan fingerprint density at radius 3 is 3.36 bits per heavy atom. The van der Waals surface area contributed by atoms with Gasteiger partial charge in [0.25, 0.3) is 0 Å². The molecule has 0 aromatic heterocycles. The van der Waals surface area contributed by atoms with Crippen molar-refractivity contribution in [2.24, 2.45) is 4.99 Å². The summed E-state index contributed by atoms with van der Waals surface area (Å²) in [6.07, 6.45) is 6.54. The topological polar surface area (TPSA) is 38.7 Å². The van der Waals surface area contributed by atoms with Crippen LogP contribution in [0.3, 0.4) is 0 Å². The van der Waals surface area contributed by atoms with E-state index in [4.69, 9.17) is 4.74 Å². The molecular formula is C8H7NO2. The number of allylic oxidation sites excluding steroid dienone is 3. The lowest BCUT2D eigenvalue weighted by molar-refractivity contribution is -0.137. The quantitative estimate of drug-likeness (QED) is 0.478. The van der Waals surface area contributed by atoms with E-state index >= 15 is 0 Å². The third-order valence-corrected chi connectivity index (χ3v) is 1.57. The van der Waals surface area contributed by atoms with Gasteiger partial charge in [0.15, 0.2) is 5.76 Å². The minimum atomic E-state index is -0.268. The molecule has 3 heteroatoms. The lowest BCUT2D eigenvalue weighted by Gasteiger charge is -2.15. The van der Waals surface area contributed by atoms with E-state index in [2.05, 4.69) is 4.99 Å². The Hall–Kier alpha value is -1.38. The molecule has 0 saturated carbocycles. The summed E-state index contributed by atoms with van der Waals surface area (Å²) in [6, 6.07) is 0. The number of carbonyl (C=O) groups is 1. The van der Waals surface area contributed by atoms with Gasteiger partial charge in [-0.2, -0.15) is 0 Å². The molecule has 0 saturated heterocycles. The highest BCUT2D eigenvalue weighted by atomic mass is 16.5. The summed E-state index contributed by atoms with van der Waals surface area (Å²) in [5, 5.41) is 0. The van der Waals surface area contributed by atoms with Gasteiger partial charge in [0.05, 0.1) is 0 Å². The van der Waals surface area contributed by atoms with Crippen LogP contribution in [-0.4, -0.2) is 18.2 Å². The molecule has 0 aromatic rings. The summed E-state index contributed by atoms with van der Waals surface area (Å²) in [7, 11) is 0. The number of aliphatic imine (C=N–C) groups is 1. The summed E-state index contributed by atoms with van der Waals surface area (Å²) in [5.41, 5.74) is 0.788. The van der Waals surface area contributed by atoms with Gasteiger partial charge in [-0.25, -0.2) is 4.79 Å². The van der Waals surface area contributed by atoms with Crippen LogP contribution in [0.5, 0.6) is 0 Å². The maximum absolute atomic E-state index is 10.7. The van der Waals surface area contributed by atoms with Crippen molar-refractivity contribution in [1.82, 2.24) is 0 Å². The average Bonchev–Trinajstić information content (AvgIpc) is 2.04. The zero-order valence-electron chi connectivity index (χ0n) is 5.91. The van der Waals surface area contributed by atoms with Gasteiger partial charge in [0.1, 0.15) is 12.3 Å². The Labute approximate surface area is 64.1 Å². The van der Waals surface area contributed by atoms with Gasteiger partial charge in [0.2, 0.25) is 0 Å². The molecule has 2 aliphatic rings. The summed E-state index contributed by atoms with van der Waals surface area (Å²) in [5.74, 6) is 0.346. The maximum Gasteiger partial charge on any atom is 0.333 e. The molecule has 56 valence electrons. The van der Waals surface area contributed by atoms with Gasteiger partial charge < -0.3 is 4.74 Å². The summed E-state index contributed by atoms with van der Waals surface area (Å²) in [4.78, 5) is 14.7. The van der Waals surface area contributed by atoms with Gasteiger partial charge in [-0.05, 0) is 18.6 Å². The summed E-state index contributed by atoms with van der Waals surface area (Å²) in [6.45, 7) is 0.150. The highest BCUT2D eigenvalue weighted by molar-refractivity contribution is 6.10. The van der Waals surface area contributed by atoms with Crippen LogP contribution >= 0.6 is 0 Å². The van der Waals surface area contributed by atoms with Crippen molar-refractivity contribution in [2.75, 3.05) is 6.54 Å². The fourth-order valence-electron chi connectivity index (χ4n) is 1.07. The van der Waals surface area contributed by atoms with Gasteiger partial charge in [0, 0.05) is 0 Å². The molecule has 0 N–H and O–H groups in total. The Kier molecular flexibility index (Phi) is 1.35. The molecule has 1 aliphatic heterocycles. The first-order valence-electron chi connectivity index (χ1n) is 3.48. The minimum Gasteiger partial charge on any atom is -0.423 e. The van der Waals surface area contributed by atoms with Crippen LogP contribution in [0.4, 0.5) is 0 Å². The van der Waals surface area contributed by atoms with E-state index in [0.29, 0.717) is 5.76 Å². The van der Waals surface area contributed by atoms with E-state index in [-0.39, 0.29) is 12.5 Å². The minimum absolute atomic E-state index is 0.150. The smallest absolute Gasteiger partial charge is 0.333 e. The molecule has 2 rings (SSSR count). The third kappa shape index (κ3) is 1.09. The highest BCUT2D eigenvalue weighted by Crippen LogP contribution is 2.14. The predicted molar refractivity (Wildman–Crippen MR) is 40.2 cm³/mol. The summed E-state index contributed by atoms with van der Waals surface area (Å²) < 4.78 is 4.93. The zero-order valence-corrected chi connectivity index (χ0v) is 5.91. The first kappa shape index (κ1) is 6.34. The molecule has 0 fully saturated rings. The van der Waals surface area contributed by atoms with Gasteiger partial charge in [-0.15, -0.1) is 0 Å². The van der Waals surface area contributed by atoms with E-state index in [0.717, 1.165) is 12.1 Å². The van der Waals surface area contributed by atoms with Gasteiger partial charge in [-0.1, -0.05) is 6.08 Å². The van der Waals surface area contributed by atoms with Crippen molar-refractivity contribution in [3.05, 3.63) is 24.0 Å². The van der Waals surface area contributed by atoms with Crippen LogP contribution < -0.4 is 0 Å². The number of nitrogens with zero attached hydrogens (tertiary/aromatic N) is 1. The molecule has 1 heterocycles. The number of carbonyl (C=O) groups excluding carboxylic acids is 1. The number of rotatable bonds is 0. The van der Waals surface area contributed by atoms with Crippen LogP contribution in [0.2, 0.25) is 0 Å². The van der Waals surface area contributed by atoms with Gasteiger partial charge in [-0.3, -0.25) is 4.99 Å². The van der Waals surface area contributed by atoms with Gasteiger partial charge >= 0.3 is 5.97 Å². The fourth-order valence-corrected chi connectivity index (χ4v) is 1.07. The van der Waals surface area contributed by atoms with Crippen LogP contribution in [-0.2, 0) is 9.53 Å². The molecule has 0 atom stereocenters. The number of hydrogen-bond donors (Lipinski definition) is 0. The van der Waals surface area contributed by atoms with Crippen molar-refractivity contribution in [2.45, 2.75) is 6.42 Å². The number of ether oxygens (including phenoxy) is 1. The summed E-state index contributed by atoms with van der Waals surface area (Å²) >= 11 is 0. The SMILES string of the molecule is O=C1CN=C2C=CCC=C2O1. The maximum atomic E-state index is 10.7. The average molecular weight is 149 g/mol. The molecule has 3 nitrogen and oxygen atoms in total. The second kappa shape index (κ2) is 2.34. The second-order valence-corrected chi connectivity index (χ2v) is 2.38. The zero-order chi connectivity index (χ0) is 7.68. The predicted octanol–water partition coefficient (Wildman–Crippen LogP) is 0.828. The van der Waals surface area contributed by atoms with Crippen molar-refractivity contribution >= 4 is 11.7 Å². The first-order valence-corrected chi connectivity index (χ1v) is 3.48. The molecule has 0 unspecified atom stereocenters. The second-order valence-electron chi connectivity index (χ2n) is 2.38. The molecule has 11 heavy (non-hydrogen) atoms. The molecule has 0 aromatic carbocycles. The fraction of sp³-hybridized carbons (Fsp3) is 0.250. The Morgan fingerprint density at radius 2 is 2.45 bits per heavy atom. The number of hydrogen-bond acceptors (Lipinski definition) is 3. The monoisotopic (exact) mass is 149 g/mol. The van der Waals surface area contributed by atoms with Crippen molar-refractivity contribution < 1.29 is 9.53 Å². The van der Waals surface area contributed by atoms with Crippen LogP contribution in [0.15, 0.2) is 29.0 Å². The Balaban J connectivity index is 2.35. The van der Waals surface area contributed by atoms with Crippen molar-refractivity contribution in [3.8, 4) is 0 Å². The lowest BCUT2D eigenvalue weighted by atomic mass is 10.1. The van der Waals surface area contributed by atoms with E-state index in [1.54, 1.807) is 0 Å². The Bertz CT molecular complexity index is 286.